The van der Waals surface area contributed by atoms with Crippen molar-refractivity contribution in [2.45, 2.75) is 64.4 Å². The Morgan fingerprint density at radius 3 is 2.25 bits per heavy atom. The number of rotatable bonds is 4. The lowest BCUT2D eigenvalue weighted by atomic mass is 9.68. The summed E-state index contributed by atoms with van der Waals surface area (Å²) < 4.78 is 5.55. The van der Waals surface area contributed by atoms with Crippen molar-refractivity contribution in [2.75, 3.05) is 13.1 Å². The largest absolute Gasteiger partial charge is 0.444 e. The average Bonchev–Trinajstić information content (AvgIpc) is 2.54. The van der Waals surface area contributed by atoms with Crippen LogP contribution in [-0.4, -0.2) is 35.5 Å². The summed E-state index contributed by atoms with van der Waals surface area (Å²) >= 11 is 0. The van der Waals surface area contributed by atoms with Gasteiger partial charge in [-0.25, -0.2) is 4.79 Å². The second kappa shape index (κ2) is 7.37. The number of hydrogen-bond donors (Lipinski definition) is 0. The van der Waals surface area contributed by atoms with Gasteiger partial charge in [0.2, 0.25) is 0 Å². The highest BCUT2D eigenvalue weighted by atomic mass is 16.6. The van der Waals surface area contributed by atoms with Crippen LogP contribution in [0.25, 0.3) is 0 Å². The maximum atomic E-state index is 12.5. The van der Waals surface area contributed by atoms with Gasteiger partial charge in [-0.05, 0) is 46.1 Å². The van der Waals surface area contributed by atoms with Crippen molar-refractivity contribution in [3.05, 3.63) is 35.9 Å². The van der Waals surface area contributed by atoms with Crippen molar-refractivity contribution < 1.29 is 14.3 Å². The zero-order valence-electron chi connectivity index (χ0n) is 15.3. The van der Waals surface area contributed by atoms with Crippen LogP contribution in [0.2, 0.25) is 0 Å². The number of ketones is 1. The molecule has 4 nitrogen and oxygen atoms in total. The van der Waals surface area contributed by atoms with Crippen molar-refractivity contribution in [2.24, 2.45) is 0 Å². The first-order chi connectivity index (χ1) is 11.3. The van der Waals surface area contributed by atoms with Gasteiger partial charge in [-0.1, -0.05) is 30.3 Å². The Hall–Kier alpha value is -1.84. The highest BCUT2D eigenvalue weighted by Gasteiger charge is 2.39. The molecular formula is C20H29NO3. The van der Waals surface area contributed by atoms with Gasteiger partial charge < -0.3 is 9.64 Å². The minimum Gasteiger partial charge on any atom is -0.444 e. The topological polar surface area (TPSA) is 46.6 Å². The van der Waals surface area contributed by atoms with Gasteiger partial charge in [-0.15, -0.1) is 0 Å². The monoisotopic (exact) mass is 331 g/mol. The number of ether oxygens (including phenoxy) is 1. The van der Waals surface area contributed by atoms with E-state index >= 15 is 0 Å². The number of carbonyl (C=O) groups excluding carboxylic acids is 2. The van der Waals surface area contributed by atoms with E-state index in [0.717, 1.165) is 12.8 Å². The molecule has 1 aliphatic carbocycles. The van der Waals surface area contributed by atoms with Crippen molar-refractivity contribution in [3.63, 3.8) is 0 Å². The zero-order chi connectivity index (χ0) is 17.8. The van der Waals surface area contributed by atoms with E-state index < -0.39 is 5.60 Å². The lowest BCUT2D eigenvalue weighted by Crippen LogP contribution is -2.47. The lowest BCUT2D eigenvalue weighted by molar-refractivity contribution is -0.121. The average molecular weight is 331 g/mol. The van der Waals surface area contributed by atoms with E-state index in [4.69, 9.17) is 4.74 Å². The molecule has 1 amide bonds. The van der Waals surface area contributed by atoms with Crippen LogP contribution in [0, 0.1) is 0 Å². The molecule has 0 radical (unpaired) electrons. The van der Waals surface area contributed by atoms with E-state index in [1.165, 1.54) is 5.56 Å². The van der Waals surface area contributed by atoms with Gasteiger partial charge in [0.1, 0.15) is 11.4 Å². The maximum absolute atomic E-state index is 12.5. The Balaban J connectivity index is 2.24. The summed E-state index contributed by atoms with van der Waals surface area (Å²) in [6, 6.07) is 10.3. The molecule has 0 saturated heterocycles. The first-order valence-electron chi connectivity index (χ1n) is 8.81. The third kappa shape index (κ3) is 4.59. The van der Waals surface area contributed by atoms with Crippen LogP contribution in [0.4, 0.5) is 4.79 Å². The molecule has 4 heteroatoms. The molecule has 2 rings (SSSR count). The maximum Gasteiger partial charge on any atom is 0.410 e. The number of Topliss-reactive ketones (excluding diaryl/α,β-unsaturated/α-hetero) is 1. The van der Waals surface area contributed by atoms with E-state index in [-0.39, 0.29) is 11.5 Å². The fourth-order valence-corrected chi connectivity index (χ4v) is 3.33. The summed E-state index contributed by atoms with van der Waals surface area (Å²) in [7, 11) is 0. The zero-order valence-corrected chi connectivity index (χ0v) is 15.3. The number of likely N-dealkylation sites (N-methyl/N-ethyl adjacent to an activating group) is 1. The van der Waals surface area contributed by atoms with Crippen molar-refractivity contribution in [1.82, 2.24) is 4.90 Å². The molecule has 0 spiro atoms. The molecule has 0 heterocycles. The molecule has 0 aromatic heterocycles. The van der Waals surface area contributed by atoms with Gasteiger partial charge in [0.25, 0.3) is 0 Å². The van der Waals surface area contributed by atoms with Gasteiger partial charge in [0, 0.05) is 31.3 Å². The number of hydrogen-bond acceptors (Lipinski definition) is 3. The summed E-state index contributed by atoms with van der Waals surface area (Å²) in [6.07, 6.45) is 2.46. The molecule has 0 N–H and O–H groups in total. The molecule has 24 heavy (non-hydrogen) atoms. The Morgan fingerprint density at radius 2 is 1.75 bits per heavy atom. The second-order valence-corrected chi connectivity index (χ2v) is 7.68. The Bertz CT molecular complexity index is 564. The van der Waals surface area contributed by atoms with Crippen LogP contribution >= 0.6 is 0 Å². The van der Waals surface area contributed by atoms with E-state index in [1.54, 1.807) is 4.90 Å². The van der Waals surface area contributed by atoms with Crippen molar-refractivity contribution in [3.8, 4) is 0 Å². The van der Waals surface area contributed by atoms with Gasteiger partial charge in [0.05, 0.1) is 0 Å². The first-order valence-corrected chi connectivity index (χ1v) is 8.81. The van der Waals surface area contributed by atoms with Crippen LogP contribution in [-0.2, 0) is 14.9 Å². The molecule has 1 fully saturated rings. The predicted octanol–water partition coefficient (Wildman–Crippen LogP) is 4.32. The first kappa shape index (κ1) is 18.5. The Kier molecular flexibility index (Phi) is 5.68. The predicted molar refractivity (Wildman–Crippen MR) is 95.1 cm³/mol. The summed E-state index contributed by atoms with van der Waals surface area (Å²) in [5, 5.41) is 0. The highest BCUT2D eigenvalue weighted by Crippen LogP contribution is 2.39. The molecule has 1 aromatic carbocycles. The van der Waals surface area contributed by atoms with E-state index in [1.807, 2.05) is 45.9 Å². The number of nitrogens with zero attached hydrogens (tertiary/aromatic N) is 1. The van der Waals surface area contributed by atoms with Crippen molar-refractivity contribution >= 4 is 11.9 Å². The lowest BCUT2D eigenvalue weighted by Gasteiger charge is -2.41. The van der Waals surface area contributed by atoms with Crippen LogP contribution in [0.3, 0.4) is 0 Å². The molecule has 1 saturated carbocycles. The standard InChI is InChI=1S/C20H29NO3/c1-5-21(18(23)24-19(2,3)4)15-20(13-11-17(22)12-14-20)16-9-7-6-8-10-16/h6-10H,5,11-15H2,1-4H3. The van der Waals surface area contributed by atoms with Gasteiger partial charge in [-0.3, -0.25) is 4.79 Å². The smallest absolute Gasteiger partial charge is 0.410 e. The minimum absolute atomic E-state index is 0.165. The molecule has 1 aromatic rings. The van der Waals surface area contributed by atoms with E-state index in [9.17, 15) is 9.59 Å². The molecule has 0 unspecified atom stereocenters. The number of carbonyl (C=O) groups is 2. The summed E-state index contributed by atoms with van der Waals surface area (Å²) in [6.45, 7) is 8.80. The summed E-state index contributed by atoms with van der Waals surface area (Å²) in [5.74, 6) is 0.321. The highest BCUT2D eigenvalue weighted by molar-refractivity contribution is 5.79. The van der Waals surface area contributed by atoms with Crippen LogP contribution in [0.15, 0.2) is 30.3 Å². The fraction of sp³-hybridized carbons (Fsp3) is 0.600. The number of benzene rings is 1. The molecule has 0 aliphatic heterocycles. The molecule has 0 bridgehead atoms. The molecule has 0 atom stereocenters. The Labute approximate surface area is 145 Å². The van der Waals surface area contributed by atoms with E-state index in [0.29, 0.717) is 31.7 Å². The van der Waals surface area contributed by atoms with Crippen molar-refractivity contribution in [1.29, 1.82) is 0 Å². The number of amides is 1. The quantitative estimate of drug-likeness (QED) is 0.825. The van der Waals surface area contributed by atoms with E-state index in [2.05, 4.69) is 12.1 Å². The third-order valence-electron chi connectivity index (χ3n) is 4.68. The molecule has 132 valence electrons. The van der Waals surface area contributed by atoms with Gasteiger partial charge in [-0.2, -0.15) is 0 Å². The van der Waals surface area contributed by atoms with Gasteiger partial charge in [0.15, 0.2) is 0 Å². The third-order valence-corrected chi connectivity index (χ3v) is 4.68. The summed E-state index contributed by atoms with van der Waals surface area (Å²) in [5.41, 5.74) is 0.536. The molecule has 1 aliphatic rings. The molecular weight excluding hydrogens is 302 g/mol. The normalized spacial score (nSPS) is 17.4. The Morgan fingerprint density at radius 1 is 1.17 bits per heavy atom. The SMILES string of the molecule is CCN(CC1(c2ccccc2)CCC(=O)CC1)C(=O)OC(C)(C)C. The fourth-order valence-electron chi connectivity index (χ4n) is 3.33. The van der Waals surface area contributed by atoms with Crippen LogP contribution in [0.5, 0.6) is 0 Å². The summed E-state index contributed by atoms with van der Waals surface area (Å²) in [4.78, 5) is 26.1. The second-order valence-electron chi connectivity index (χ2n) is 7.68. The van der Waals surface area contributed by atoms with Crippen LogP contribution in [0.1, 0.15) is 58.9 Å². The van der Waals surface area contributed by atoms with Crippen LogP contribution < -0.4 is 0 Å². The van der Waals surface area contributed by atoms with Gasteiger partial charge >= 0.3 is 6.09 Å². The minimum atomic E-state index is -0.507.